The molecule has 0 saturated carbocycles. The number of carbonyl (C=O) groups excluding carboxylic acids is 2. The van der Waals surface area contributed by atoms with E-state index in [1.54, 1.807) is 48.5 Å². The Bertz CT molecular complexity index is 1030. The van der Waals surface area contributed by atoms with Crippen LogP contribution in [-0.4, -0.2) is 22.4 Å². The first kappa shape index (κ1) is 19.4. The third kappa shape index (κ3) is 4.49. The third-order valence-electron chi connectivity index (χ3n) is 4.57. The molecule has 0 spiro atoms. The monoisotopic (exact) mass is 381 g/mol. The minimum Gasteiger partial charge on any atom is -0.408 e. The highest BCUT2D eigenvalue weighted by molar-refractivity contribution is 5.94. The van der Waals surface area contributed by atoms with Gasteiger partial charge in [0.05, 0.1) is 5.52 Å². The number of para-hydroxylation sites is 2. The van der Waals surface area contributed by atoms with Gasteiger partial charge in [0.15, 0.2) is 5.58 Å². The van der Waals surface area contributed by atoms with E-state index in [-0.39, 0.29) is 24.4 Å². The molecule has 0 aliphatic heterocycles. The molecule has 3 rings (SSSR count). The number of amides is 2. The molecule has 2 aromatic carbocycles. The van der Waals surface area contributed by atoms with Crippen LogP contribution in [0.5, 0.6) is 0 Å². The Kier molecular flexibility index (Phi) is 5.93. The van der Waals surface area contributed by atoms with Gasteiger partial charge in [0.1, 0.15) is 6.54 Å². The lowest BCUT2D eigenvalue weighted by molar-refractivity contribution is -0.121. The van der Waals surface area contributed by atoms with Crippen molar-refractivity contribution in [1.29, 1.82) is 0 Å². The zero-order chi connectivity index (χ0) is 20.1. The fraction of sp³-hybridized carbons (Fsp3) is 0.286. The van der Waals surface area contributed by atoms with Crippen molar-refractivity contribution >= 4 is 22.9 Å². The molecule has 0 radical (unpaired) electrons. The molecule has 0 saturated heterocycles. The number of carbonyl (C=O) groups is 2. The summed E-state index contributed by atoms with van der Waals surface area (Å²) in [4.78, 5) is 36.2. The zero-order valence-electron chi connectivity index (χ0n) is 15.9. The van der Waals surface area contributed by atoms with Gasteiger partial charge in [-0.1, -0.05) is 31.2 Å². The molecular weight excluding hydrogens is 358 g/mol. The molecule has 0 aliphatic carbocycles. The lowest BCUT2D eigenvalue weighted by Gasteiger charge is -2.11. The number of nitrogens with one attached hydrogen (secondary N) is 2. The van der Waals surface area contributed by atoms with E-state index in [9.17, 15) is 14.4 Å². The van der Waals surface area contributed by atoms with Gasteiger partial charge in [0, 0.05) is 18.2 Å². The molecular formula is C21H23N3O4. The maximum Gasteiger partial charge on any atom is 0.420 e. The summed E-state index contributed by atoms with van der Waals surface area (Å²) in [6, 6.07) is 14.1. The van der Waals surface area contributed by atoms with E-state index in [4.69, 9.17) is 4.42 Å². The summed E-state index contributed by atoms with van der Waals surface area (Å²) in [7, 11) is 0. The van der Waals surface area contributed by atoms with Crippen LogP contribution in [0.4, 0.5) is 0 Å². The smallest absolute Gasteiger partial charge is 0.408 e. The van der Waals surface area contributed by atoms with Crippen molar-refractivity contribution in [2.75, 3.05) is 0 Å². The van der Waals surface area contributed by atoms with Crippen molar-refractivity contribution in [3.8, 4) is 0 Å². The van der Waals surface area contributed by atoms with E-state index in [2.05, 4.69) is 10.6 Å². The number of nitrogens with zero attached hydrogens (tertiary/aromatic N) is 1. The fourth-order valence-electron chi connectivity index (χ4n) is 2.75. The molecule has 28 heavy (non-hydrogen) atoms. The highest BCUT2D eigenvalue weighted by atomic mass is 16.4. The van der Waals surface area contributed by atoms with Gasteiger partial charge in [0.2, 0.25) is 5.91 Å². The lowest BCUT2D eigenvalue weighted by atomic mass is 10.1. The normalized spacial score (nSPS) is 11.9. The van der Waals surface area contributed by atoms with Crippen LogP contribution in [0.25, 0.3) is 11.1 Å². The molecule has 1 heterocycles. The van der Waals surface area contributed by atoms with Gasteiger partial charge in [-0.25, -0.2) is 4.79 Å². The summed E-state index contributed by atoms with van der Waals surface area (Å²) < 4.78 is 6.42. The SMILES string of the molecule is CCC(C)NC(=O)c1ccc(CNC(=O)Cn2c(=O)oc3ccccc32)cc1. The Morgan fingerprint density at radius 3 is 2.54 bits per heavy atom. The van der Waals surface area contributed by atoms with Gasteiger partial charge in [-0.05, 0) is 43.2 Å². The molecule has 0 bridgehead atoms. The molecule has 2 amide bonds. The molecule has 0 fully saturated rings. The molecule has 2 N–H and O–H groups in total. The highest BCUT2D eigenvalue weighted by Crippen LogP contribution is 2.11. The Hall–Kier alpha value is -3.35. The van der Waals surface area contributed by atoms with Gasteiger partial charge in [0.25, 0.3) is 5.91 Å². The first-order valence-corrected chi connectivity index (χ1v) is 9.22. The number of benzene rings is 2. The topological polar surface area (TPSA) is 93.3 Å². The van der Waals surface area contributed by atoms with Crippen molar-refractivity contribution in [3.05, 3.63) is 70.2 Å². The zero-order valence-corrected chi connectivity index (χ0v) is 15.9. The maximum atomic E-state index is 12.2. The Balaban J connectivity index is 1.58. The van der Waals surface area contributed by atoms with E-state index in [1.807, 2.05) is 13.8 Å². The molecule has 1 atom stereocenters. The van der Waals surface area contributed by atoms with Crippen molar-refractivity contribution < 1.29 is 14.0 Å². The summed E-state index contributed by atoms with van der Waals surface area (Å²) in [6.45, 7) is 4.15. The van der Waals surface area contributed by atoms with Crippen molar-refractivity contribution in [2.45, 2.75) is 39.4 Å². The predicted octanol–water partition coefficient (Wildman–Crippen LogP) is 2.44. The van der Waals surface area contributed by atoms with E-state index in [0.717, 1.165) is 12.0 Å². The number of rotatable bonds is 7. The average molecular weight is 381 g/mol. The van der Waals surface area contributed by atoms with Crippen LogP contribution in [0.3, 0.4) is 0 Å². The number of fused-ring (bicyclic) bond motifs is 1. The summed E-state index contributed by atoms with van der Waals surface area (Å²) in [5.74, 6) is -0.976. The first-order valence-electron chi connectivity index (χ1n) is 9.22. The standard InChI is InChI=1S/C21H23N3O4/c1-3-14(2)23-20(26)16-10-8-15(9-11-16)12-22-19(25)13-24-17-6-4-5-7-18(17)28-21(24)27/h4-11,14H,3,12-13H2,1-2H3,(H,22,25)(H,23,26). The lowest BCUT2D eigenvalue weighted by Crippen LogP contribution is -2.32. The molecule has 7 nitrogen and oxygen atoms in total. The second kappa shape index (κ2) is 8.56. The Labute approximate surface area is 162 Å². The van der Waals surface area contributed by atoms with E-state index < -0.39 is 5.76 Å². The van der Waals surface area contributed by atoms with Crippen LogP contribution in [-0.2, 0) is 17.9 Å². The number of hydrogen-bond donors (Lipinski definition) is 2. The van der Waals surface area contributed by atoms with Gasteiger partial charge in [-0.2, -0.15) is 0 Å². The van der Waals surface area contributed by atoms with Crippen LogP contribution in [0.2, 0.25) is 0 Å². The summed E-state index contributed by atoms with van der Waals surface area (Å²) in [5, 5.41) is 5.69. The van der Waals surface area contributed by atoms with Gasteiger partial charge in [-0.15, -0.1) is 0 Å². The van der Waals surface area contributed by atoms with Crippen LogP contribution in [0, 0.1) is 0 Å². The van der Waals surface area contributed by atoms with Crippen molar-refractivity contribution in [3.63, 3.8) is 0 Å². The molecule has 1 aromatic heterocycles. The first-order chi connectivity index (χ1) is 13.5. The van der Waals surface area contributed by atoms with Crippen LogP contribution in [0.1, 0.15) is 36.2 Å². The molecule has 3 aromatic rings. The van der Waals surface area contributed by atoms with Crippen molar-refractivity contribution in [2.24, 2.45) is 0 Å². The van der Waals surface area contributed by atoms with Gasteiger partial charge < -0.3 is 15.1 Å². The minimum absolute atomic E-state index is 0.115. The molecule has 7 heteroatoms. The Morgan fingerprint density at radius 2 is 1.82 bits per heavy atom. The maximum absolute atomic E-state index is 12.2. The van der Waals surface area contributed by atoms with Crippen molar-refractivity contribution in [1.82, 2.24) is 15.2 Å². The summed E-state index contributed by atoms with van der Waals surface area (Å²) in [6.07, 6.45) is 0.866. The highest BCUT2D eigenvalue weighted by Gasteiger charge is 2.12. The van der Waals surface area contributed by atoms with E-state index in [1.165, 1.54) is 4.57 Å². The summed E-state index contributed by atoms with van der Waals surface area (Å²) in [5.41, 5.74) is 2.47. The summed E-state index contributed by atoms with van der Waals surface area (Å²) >= 11 is 0. The van der Waals surface area contributed by atoms with Crippen LogP contribution < -0.4 is 16.4 Å². The molecule has 146 valence electrons. The largest absolute Gasteiger partial charge is 0.420 e. The van der Waals surface area contributed by atoms with Crippen LogP contribution >= 0.6 is 0 Å². The number of aromatic nitrogens is 1. The van der Waals surface area contributed by atoms with Gasteiger partial charge in [-0.3, -0.25) is 14.2 Å². The van der Waals surface area contributed by atoms with E-state index >= 15 is 0 Å². The molecule has 0 aliphatic rings. The fourth-order valence-corrected chi connectivity index (χ4v) is 2.75. The van der Waals surface area contributed by atoms with Gasteiger partial charge >= 0.3 is 5.76 Å². The Morgan fingerprint density at radius 1 is 1.11 bits per heavy atom. The second-order valence-electron chi connectivity index (χ2n) is 6.68. The minimum atomic E-state index is -0.562. The second-order valence-corrected chi connectivity index (χ2v) is 6.68. The molecule has 1 unspecified atom stereocenters. The predicted molar refractivity (Wildman–Crippen MR) is 106 cm³/mol. The average Bonchev–Trinajstić information content (AvgIpc) is 3.02. The van der Waals surface area contributed by atoms with Crippen LogP contribution in [0.15, 0.2) is 57.7 Å². The number of oxazole rings is 1. The third-order valence-corrected chi connectivity index (χ3v) is 4.57. The quantitative estimate of drug-likeness (QED) is 0.657. The van der Waals surface area contributed by atoms with E-state index in [0.29, 0.717) is 23.2 Å². The number of hydrogen-bond acceptors (Lipinski definition) is 4.